The fourth-order valence-electron chi connectivity index (χ4n) is 2.98. The lowest BCUT2D eigenvalue weighted by Gasteiger charge is -2.34. The van der Waals surface area contributed by atoms with Crippen LogP contribution >= 0.6 is 0 Å². The lowest BCUT2D eigenvalue weighted by Crippen LogP contribution is -2.49. The van der Waals surface area contributed by atoms with Crippen LogP contribution in [0, 0.1) is 0 Å². The van der Waals surface area contributed by atoms with Gasteiger partial charge in [0, 0.05) is 51.0 Å². The molecule has 6 heteroatoms. The van der Waals surface area contributed by atoms with Crippen LogP contribution in [-0.2, 0) is 11.3 Å². The fourth-order valence-corrected chi connectivity index (χ4v) is 2.98. The zero-order chi connectivity index (χ0) is 16.8. The van der Waals surface area contributed by atoms with Crippen molar-refractivity contribution in [2.75, 3.05) is 39.3 Å². The first-order chi connectivity index (χ1) is 11.7. The molecule has 0 bridgehead atoms. The highest BCUT2D eigenvalue weighted by Crippen LogP contribution is 2.11. The number of para-hydroxylation sites is 1. The molecular formula is C18H25N5O. The number of aromatic nitrogens is 2. The SMILES string of the molecule is CCNC(=O)CN1CCN(Cc2cnn(-c3ccccc3)c2)CC1. The largest absolute Gasteiger partial charge is 0.355 e. The van der Waals surface area contributed by atoms with E-state index in [1.165, 1.54) is 5.56 Å². The van der Waals surface area contributed by atoms with Crippen LogP contribution < -0.4 is 5.32 Å². The van der Waals surface area contributed by atoms with Crippen molar-refractivity contribution in [2.45, 2.75) is 13.5 Å². The normalized spacial score (nSPS) is 16.2. The fraction of sp³-hybridized carbons (Fsp3) is 0.444. The lowest BCUT2D eigenvalue weighted by atomic mass is 10.2. The molecule has 1 N–H and O–H groups in total. The van der Waals surface area contributed by atoms with E-state index < -0.39 is 0 Å². The van der Waals surface area contributed by atoms with E-state index in [2.05, 4.69) is 38.5 Å². The minimum absolute atomic E-state index is 0.120. The van der Waals surface area contributed by atoms with Crippen molar-refractivity contribution in [3.05, 3.63) is 48.3 Å². The number of carbonyl (C=O) groups excluding carboxylic acids is 1. The maximum atomic E-state index is 11.6. The second-order valence-corrected chi connectivity index (χ2v) is 6.13. The van der Waals surface area contributed by atoms with E-state index in [0.29, 0.717) is 13.1 Å². The first-order valence-corrected chi connectivity index (χ1v) is 8.55. The molecule has 0 radical (unpaired) electrons. The van der Waals surface area contributed by atoms with E-state index >= 15 is 0 Å². The second-order valence-electron chi connectivity index (χ2n) is 6.13. The summed E-state index contributed by atoms with van der Waals surface area (Å²) in [5.41, 5.74) is 2.30. The summed E-state index contributed by atoms with van der Waals surface area (Å²) >= 11 is 0. The molecule has 2 aromatic rings. The Labute approximate surface area is 143 Å². The lowest BCUT2D eigenvalue weighted by molar-refractivity contribution is -0.122. The predicted molar refractivity (Wildman–Crippen MR) is 94.0 cm³/mol. The number of carbonyl (C=O) groups is 1. The quantitative estimate of drug-likeness (QED) is 0.864. The van der Waals surface area contributed by atoms with Crippen LogP contribution in [-0.4, -0.2) is 64.8 Å². The number of likely N-dealkylation sites (N-methyl/N-ethyl adjacent to an activating group) is 1. The number of amides is 1. The van der Waals surface area contributed by atoms with Gasteiger partial charge in [-0.1, -0.05) is 18.2 Å². The third kappa shape index (κ3) is 4.43. The number of hydrogen-bond acceptors (Lipinski definition) is 4. The number of nitrogens with zero attached hydrogens (tertiary/aromatic N) is 4. The van der Waals surface area contributed by atoms with Crippen molar-refractivity contribution in [1.29, 1.82) is 0 Å². The molecule has 1 aliphatic heterocycles. The zero-order valence-electron chi connectivity index (χ0n) is 14.2. The van der Waals surface area contributed by atoms with Crippen LogP contribution in [0.1, 0.15) is 12.5 Å². The highest BCUT2D eigenvalue weighted by Gasteiger charge is 2.19. The Morgan fingerprint density at radius 2 is 1.83 bits per heavy atom. The summed E-state index contributed by atoms with van der Waals surface area (Å²) in [6.45, 7) is 7.89. The Hall–Kier alpha value is -2.18. The van der Waals surface area contributed by atoms with E-state index in [1.807, 2.05) is 36.0 Å². The molecule has 24 heavy (non-hydrogen) atoms. The Kier molecular flexibility index (Phi) is 5.61. The van der Waals surface area contributed by atoms with Crippen LogP contribution in [0.15, 0.2) is 42.7 Å². The maximum Gasteiger partial charge on any atom is 0.234 e. The maximum absolute atomic E-state index is 11.6. The Morgan fingerprint density at radius 3 is 2.54 bits per heavy atom. The molecule has 128 valence electrons. The summed E-state index contributed by atoms with van der Waals surface area (Å²) in [5, 5.41) is 7.31. The van der Waals surface area contributed by atoms with E-state index in [4.69, 9.17) is 0 Å². The summed E-state index contributed by atoms with van der Waals surface area (Å²) < 4.78 is 1.92. The molecule has 6 nitrogen and oxygen atoms in total. The molecule has 0 saturated carbocycles. The van der Waals surface area contributed by atoms with Gasteiger partial charge in [0.15, 0.2) is 0 Å². The van der Waals surface area contributed by atoms with E-state index in [-0.39, 0.29) is 5.91 Å². The first kappa shape index (κ1) is 16.7. The van der Waals surface area contributed by atoms with Crippen LogP contribution in [0.2, 0.25) is 0 Å². The van der Waals surface area contributed by atoms with E-state index in [0.717, 1.165) is 38.4 Å². The van der Waals surface area contributed by atoms with Crippen LogP contribution in [0.4, 0.5) is 0 Å². The standard InChI is InChI=1S/C18H25N5O/c1-2-19-18(24)15-22-10-8-21(9-11-22)13-16-12-20-23(14-16)17-6-4-3-5-7-17/h3-7,12,14H,2,8-11,13,15H2,1H3,(H,19,24). The van der Waals surface area contributed by atoms with Gasteiger partial charge in [0.25, 0.3) is 0 Å². The first-order valence-electron chi connectivity index (χ1n) is 8.55. The van der Waals surface area contributed by atoms with Crippen LogP contribution in [0.3, 0.4) is 0 Å². The minimum Gasteiger partial charge on any atom is -0.355 e. The van der Waals surface area contributed by atoms with Crippen LogP contribution in [0.25, 0.3) is 5.69 Å². The van der Waals surface area contributed by atoms with Gasteiger partial charge in [-0.05, 0) is 19.1 Å². The average molecular weight is 327 g/mol. The molecule has 1 aromatic carbocycles. The summed E-state index contributed by atoms with van der Waals surface area (Å²) in [6.07, 6.45) is 4.03. The summed E-state index contributed by atoms with van der Waals surface area (Å²) in [5.74, 6) is 0.120. The van der Waals surface area contributed by atoms with E-state index in [1.54, 1.807) is 0 Å². The van der Waals surface area contributed by atoms with E-state index in [9.17, 15) is 4.79 Å². The molecule has 2 heterocycles. The number of hydrogen-bond donors (Lipinski definition) is 1. The predicted octanol–water partition coefficient (Wildman–Crippen LogP) is 1.13. The molecule has 1 aromatic heterocycles. The van der Waals surface area contributed by atoms with Crippen molar-refractivity contribution < 1.29 is 4.79 Å². The number of nitrogens with one attached hydrogen (secondary N) is 1. The Balaban J connectivity index is 1.48. The summed E-state index contributed by atoms with van der Waals surface area (Å²) in [7, 11) is 0. The summed E-state index contributed by atoms with van der Waals surface area (Å²) in [6, 6.07) is 10.1. The van der Waals surface area contributed by atoms with Crippen molar-refractivity contribution >= 4 is 5.91 Å². The third-order valence-electron chi connectivity index (χ3n) is 4.27. The molecule has 0 unspecified atom stereocenters. The molecule has 1 aliphatic rings. The van der Waals surface area contributed by atoms with Gasteiger partial charge in [-0.2, -0.15) is 5.10 Å². The van der Waals surface area contributed by atoms with Gasteiger partial charge < -0.3 is 5.32 Å². The summed E-state index contributed by atoms with van der Waals surface area (Å²) in [4.78, 5) is 16.3. The molecule has 0 aliphatic carbocycles. The number of piperazine rings is 1. The molecule has 3 rings (SSSR count). The Morgan fingerprint density at radius 1 is 1.12 bits per heavy atom. The van der Waals surface area contributed by atoms with Gasteiger partial charge >= 0.3 is 0 Å². The second kappa shape index (κ2) is 8.08. The molecule has 0 atom stereocenters. The van der Waals surface area contributed by atoms with Gasteiger partial charge in [0.05, 0.1) is 18.4 Å². The number of rotatable bonds is 6. The molecule has 1 amide bonds. The van der Waals surface area contributed by atoms with Crippen molar-refractivity contribution in [2.24, 2.45) is 0 Å². The highest BCUT2D eigenvalue weighted by molar-refractivity contribution is 5.77. The van der Waals surface area contributed by atoms with Gasteiger partial charge in [-0.25, -0.2) is 4.68 Å². The van der Waals surface area contributed by atoms with Gasteiger partial charge in [-0.15, -0.1) is 0 Å². The van der Waals surface area contributed by atoms with Gasteiger partial charge in [-0.3, -0.25) is 14.6 Å². The van der Waals surface area contributed by atoms with Gasteiger partial charge in [0.1, 0.15) is 0 Å². The topological polar surface area (TPSA) is 53.4 Å². The van der Waals surface area contributed by atoms with Crippen molar-refractivity contribution in [3.63, 3.8) is 0 Å². The van der Waals surface area contributed by atoms with Crippen molar-refractivity contribution in [1.82, 2.24) is 24.9 Å². The average Bonchev–Trinajstić information content (AvgIpc) is 3.06. The monoisotopic (exact) mass is 327 g/mol. The number of benzene rings is 1. The zero-order valence-corrected chi connectivity index (χ0v) is 14.2. The van der Waals surface area contributed by atoms with Crippen molar-refractivity contribution in [3.8, 4) is 5.69 Å². The third-order valence-corrected chi connectivity index (χ3v) is 4.27. The molecule has 1 saturated heterocycles. The van der Waals surface area contributed by atoms with Gasteiger partial charge in [0.2, 0.25) is 5.91 Å². The van der Waals surface area contributed by atoms with Crippen LogP contribution in [0.5, 0.6) is 0 Å². The highest BCUT2D eigenvalue weighted by atomic mass is 16.2. The minimum atomic E-state index is 0.120. The molecular weight excluding hydrogens is 302 g/mol. The smallest absolute Gasteiger partial charge is 0.234 e. The molecule has 1 fully saturated rings. The molecule has 0 spiro atoms. The Bertz CT molecular complexity index is 646.